The van der Waals surface area contributed by atoms with E-state index in [-0.39, 0.29) is 5.91 Å². The minimum Gasteiger partial charge on any atom is -0.308 e. The lowest BCUT2D eigenvalue weighted by Gasteiger charge is -2.23. The number of carbonyl (C=O) groups is 1. The highest BCUT2D eigenvalue weighted by Crippen LogP contribution is 2.27. The molecule has 1 aliphatic rings. The van der Waals surface area contributed by atoms with Crippen molar-refractivity contribution in [3.63, 3.8) is 0 Å². The van der Waals surface area contributed by atoms with Crippen LogP contribution in [0.15, 0.2) is 48.5 Å². The van der Waals surface area contributed by atoms with Crippen LogP contribution in [0.4, 0.5) is 5.69 Å². The van der Waals surface area contributed by atoms with Gasteiger partial charge in [0.15, 0.2) is 0 Å². The summed E-state index contributed by atoms with van der Waals surface area (Å²) >= 11 is 3.43. The first kappa shape index (κ1) is 14.3. The van der Waals surface area contributed by atoms with E-state index in [9.17, 15) is 4.79 Å². The van der Waals surface area contributed by atoms with Gasteiger partial charge in [-0.3, -0.25) is 4.79 Å². The topological polar surface area (TPSA) is 20.3 Å². The van der Waals surface area contributed by atoms with E-state index in [1.165, 1.54) is 11.1 Å². The lowest BCUT2D eigenvalue weighted by Crippen LogP contribution is -2.31. The number of halogens is 1. The maximum absolute atomic E-state index is 12.8. The summed E-state index contributed by atoms with van der Waals surface area (Å²) in [4.78, 5) is 14.8. The van der Waals surface area contributed by atoms with Gasteiger partial charge >= 0.3 is 0 Å². The van der Waals surface area contributed by atoms with Gasteiger partial charge in [-0.25, -0.2) is 0 Å². The van der Waals surface area contributed by atoms with Crippen LogP contribution in [0.25, 0.3) is 0 Å². The summed E-state index contributed by atoms with van der Waals surface area (Å²) in [6.45, 7) is 0.802. The molecule has 21 heavy (non-hydrogen) atoms. The molecule has 1 aliphatic heterocycles. The molecule has 1 heterocycles. The van der Waals surface area contributed by atoms with Crippen molar-refractivity contribution in [3.05, 3.63) is 65.2 Å². The fraction of sp³-hybridized carbons (Fsp3) is 0.278. The number of benzene rings is 2. The van der Waals surface area contributed by atoms with Gasteiger partial charge in [0.05, 0.1) is 0 Å². The van der Waals surface area contributed by atoms with Crippen LogP contribution in [-0.2, 0) is 11.8 Å². The average Bonchev–Trinajstić information content (AvgIpc) is 2.77. The number of hydrogen-bond acceptors (Lipinski definition) is 1. The Hall–Kier alpha value is -1.61. The molecule has 2 nitrogen and oxygen atoms in total. The smallest absolute Gasteiger partial charge is 0.258 e. The van der Waals surface area contributed by atoms with Crippen LogP contribution in [0.1, 0.15) is 34.3 Å². The number of rotatable bonds is 2. The van der Waals surface area contributed by atoms with Gasteiger partial charge < -0.3 is 4.90 Å². The molecule has 3 rings (SSSR count). The quantitative estimate of drug-likeness (QED) is 0.731. The predicted molar refractivity (Wildman–Crippen MR) is 90.1 cm³/mol. The molecule has 0 radical (unpaired) electrons. The molecule has 0 N–H and O–H groups in total. The van der Waals surface area contributed by atoms with Gasteiger partial charge in [-0.2, -0.15) is 0 Å². The summed E-state index contributed by atoms with van der Waals surface area (Å²) in [5.74, 6) is 0.102. The molecule has 2 aromatic carbocycles. The van der Waals surface area contributed by atoms with E-state index in [0.29, 0.717) is 0 Å². The lowest BCUT2D eigenvalue weighted by atomic mass is 10.1. The van der Waals surface area contributed by atoms with E-state index in [2.05, 4.69) is 34.1 Å². The predicted octanol–water partition coefficient (Wildman–Crippen LogP) is 4.56. The molecule has 3 heteroatoms. The van der Waals surface area contributed by atoms with Crippen molar-refractivity contribution in [2.75, 3.05) is 11.4 Å². The Balaban J connectivity index is 1.93. The first-order chi connectivity index (χ1) is 10.3. The van der Waals surface area contributed by atoms with Crippen molar-refractivity contribution in [2.45, 2.75) is 24.6 Å². The zero-order chi connectivity index (χ0) is 14.7. The van der Waals surface area contributed by atoms with Gasteiger partial charge in [-0.05, 0) is 48.6 Å². The number of alkyl halides is 1. The normalized spacial score (nSPS) is 14.4. The fourth-order valence-corrected chi connectivity index (χ4v) is 3.17. The second-order valence-corrected chi connectivity index (χ2v) is 5.93. The molecular weight excluding hydrogens is 326 g/mol. The van der Waals surface area contributed by atoms with E-state index in [4.69, 9.17) is 0 Å². The van der Waals surface area contributed by atoms with Crippen LogP contribution in [0.3, 0.4) is 0 Å². The van der Waals surface area contributed by atoms with E-state index < -0.39 is 0 Å². The van der Waals surface area contributed by atoms with Crippen molar-refractivity contribution in [1.82, 2.24) is 0 Å². The first-order valence-corrected chi connectivity index (χ1v) is 8.46. The third-order valence-corrected chi connectivity index (χ3v) is 4.61. The van der Waals surface area contributed by atoms with Crippen LogP contribution in [0.2, 0.25) is 0 Å². The fourth-order valence-electron chi connectivity index (χ4n) is 2.79. The molecule has 0 bridgehead atoms. The molecule has 2 aromatic rings. The Morgan fingerprint density at radius 3 is 2.57 bits per heavy atom. The summed E-state index contributed by atoms with van der Waals surface area (Å²) in [6.07, 6.45) is 3.26. The molecule has 0 spiro atoms. The second-order valence-electron chi connectivity index (χ2n) is 5.37. The minimum atomic E-state index is 0.102. The lowest BCUT2D eigenvalue weighted by molar-refractivity contribution is 0.0987. The Morgan fingerprint density at radius 1 is 1.05 bits per heavy atom. The highest BCUT2D eigenvalue weighted by Gasteiger charge is 2.21. The number of aryl methyl sites for hydroxylation is 1. The van der Waals surface area contributed by atoms with Crippen LogP contribution >= 0.6 is 15.9 Å². The van der Waals surface area contributed by atoms with Crippen LogP contribution in [-0.4, -0.2) is 12.5 Å². The maximum Gasteiger partial charge on any atom is 0.258 e. The van der Waals surface area contributed by atoms with Crippen LogP contribution < -0.4 is 4.90 Å². The van der Waals surface area contributed by atoms with E-state index >= 15 is 0 Å². The number of nitrogens with zero attached hydrogens (tertiary/aromatic N) is 1. The summed E-state index contributed by atoms with van der Waals surface area (Å²) in [5, 5.41) is 0.814. The summed E-state index contributed by atoms with van der Waals surface area (Å²) in [6, 6.07) is 16.1. The molecule has 0 unspecified atom stereocenters. The van der Waals surface area contributed by atoms with Crippen molar-refractivity contribution in [1.29, 1.82) is 0 Å². The summed E-state index contributed by atoms with van der Waals surface area (Å²) in [5.41, 5.74) is 4.30. The van der Waals surface area contributed by atoms with E-state index in [0.717, 1.165) is 42.4 Å². The standard InChI is InChI=1S/C18H18BrNO/c19-13-14-8-10-16(11-9-14)18(21)20-12-4-3-6-15-5-1-2-7-17(15)20/h1-2,5,7-11H,3-4,6,12-13H2. The number of para-hydroxylation sites is 1. The molecule has 0 aromatic heterocycles. The molecule has 108 valence electrons. The number of carbonyl (C=O) groups excluding carboxylic acids is 1. The number of anilines is 1. The Labute approximate surface area is 133 Å². The van der Waals surface area contributed by atoms with Gasteiger partial charge in [0.25, 0.3) is 5.91 Å². The third-order valence-electron chi connectivity index (χ3n) is 3.96. The van der Waals surface area contributed by atoms with Gasteiger partial charge in [-0.15, -0.1) is 0 Å². The number of fused-ring (bicyclic) bond motifs is 1. The molecule has 0 aliphatic carbocycles. The van der Waals surface area contributed by atoms with Crippen molar-refractivity contribution in [3.8, 4) is 0 Å². The molecular formula is C18H18BrNO. The van der Waals surface area contributed by atoms with Gasteiger partial charge in [-0.1, -0.05) is 46.3 Å². The van der Waals surface area contributed by atoms with Gasteiger partial charge in [0.2, 0.25) is 0 Å². The second kappa shape index (κ2) is 6.44. The van der Waals surface area contributed by atoms with Crippen LogP contribution in [0.5, 0.6) is 0 Å². The van der Waals surface area contributed by atoms with Crippen molar-refractivity contribution < 1.29 is 4.79 Å². The van der Waals surface area contributed by atoms with Gasteiger partial charge in [0, 0.05) is 23.1 Å². The zero-order valence-corrected chi connectivity index (χ0v) is 13.5. The average molecular weight is 344 g/mol. The SMILES string of the molecule is O=C(c1ccc(CBr)cc1)N1CCCCc2ccccc21. The molecule has 0 saturated heterocycles. The third kappa shape index (κ3) is 3.03. The highest BCUT2D eigenvalue weighted by molar-refractivity contribution is 9.08. The van der Waals surface area contributed by atoms with Crippen molar-refractivity contribution >= 4 is 27.5 Å². The molecule has 0 atom stereocenters. The van der Waals surface area contributed by atoms with Gasteiger partial charge in [0.1, 0.15) is 0 Å². The number of hydrogen-bond donors (Lipinski definition) is 0. The highest BCUT2D eigenvalue weighted by atomic mass is 79.9. The number of amides is 1. The van der Waals surface area contributed by atoms with Crippen LogP contribution in [0, 0.1) is 0 Å². The minimum absolute atomic E-state index is 0.102. The Bertz CT molecular complexity index is 636. The van der Waals surface area contributed by atoms with E-state index in [1.54, 1.807) is 0 Å². The monoisotopic (exact) mass is 343 g/mol. The summed E-state index contributed by atoms with van der Waals surface area (Å²) in [7, 11) is 0. The van der Waals surface area contributed by atoms with E-state index in [1.807, 2.05) is 35.2 Å². The maximum atomic E-state index is 12.8. The first-order valence-electron chi connectivity index (χ1n) is 7.34. The largest absolute Gasteiger partial charge is 0.308 e. The molecule has 1 amide bonds. The zero-order valence-electron chi connectivity index (χ0n) is 11.9. The molecule has 0 fully saturated rings. The van der Waals surface area contributed by atoms with Crippen molar-refractivity contribution in [2.24, 2.45) is 0 Å². The summed E-state index contributed by atoms with van der Waals surface area (Å²) < 4.78 is 0. The Kier molecular flexibility index (Phi) is 4.39. The molecule has 0 saturated carbocycles. The Morgan fingerprint density at radius 2 is 1.81 bits per heavy atom.